The Labute approximate surface area is 195 Å². The molecule has 1 aliphatic rings. The first-order valence-electron chi connectivity index (χ1n) is 10.4. The third kappa shape index (κ3) is 3.80. The first-order valence-corrected chi connectivity index (χ1v) is 10.4. The van der Waals surface area contributed by atoms with Crippen LogP contribution in [0.5, 0.6) is 5.75 Å². The average Bonchev–Trinajstić information content (AvgIpc) is 3.32. The molecule has 0 bridgehead atoms. The molecule has 1 aliphatic heterocycles. The van der Waals surface area contributed by atoms with Crippen LogP contribution in [0.4, 0.5) is 32.4 Å². The van der Waals surface area contributed by atoms with E-state index in [1.165, 1.54) is 24.4 Å². The molecule has 0 saturated heterocycles. The van der Waals surface area contributed by atoms with Crippen LogP contribution in [-0.2, 0) is 5.92 Å². The van der Waals surface area contributed by atoms with Crippen molar-refractivity contribution in [3.63, 3.8) is 0 Å². The molecule has 0 spiro atoms. The minimum absolute atomic E-state index is 0.172. The van der Waals surface area contributed by atoms with Gasteiger partial charge in [-0.15, -0.1) is 0 Å². The Hall–Kier alpha value is -4.21. The predicted molar refractivity (Wildman–Crippen MR) is 118 cm³/mol. The van der Waals surface area contributed by atoms with E-state index in [1.54, 1.807) is 18.2 Å². The van der Waals surface area contributed by atoms with Gasteiger partial charge in [-0.05, 0) is 31.2 Å². The van der Waals surface area contributed by atoms with E-state index >= 15 is 0 Å². The molecule has 0 aliphatic carbocycles. The van der Waals surface area contributed by atoms with Crippen LogP contribution in [0.2, 0.25) is 0 Å². The van der Waals surface area contributed by atoms with Crippen molar-refractivity contribution in [1.82, 2.24) is 9.78 Å². The van der Waals surface area contributed by atoms with Crippen LogP contribution < -0.4 is 10.1 Å². The van der Waals surface area contributed by atoms with E-state index in [0.717, 1.165) is 28.4 Å². The first kappa shape index (κ1) is 22.6. The SMILES string of the molecule is Cc1ccc(-c2nn(C(=O)Nc3ccc4c(c3)C(F)(F)C(F)(F)O4)cc2-c2ccccc2F)cc1. The number of alkyl halides is 4. The van der Waals surface area contributed by atoms with Crippen molar-refractivity contribution >= 4 is 11.7 Å². The fourth-order valence-electron chi connectivity index (χ4n) is 3.76. The Morgan fingerprint density at radius 3 is 2.40 bits per heavy atom. The predicted octanol–water partition coefficient (Wildman–Crippen LogP) is 6.82. The molecule has 35 heavy (non-hydrogen) atoms. The number of hydrogen-bond donors (Lipinski definition) is 1. The largest absolute Gasteiger partial charge is 0.469 e. The van der Waals surface area contributed by atoms with Crippen molar-refractivity contribution in [2.75, 3.05) is 5.32 Å². The van der Waals surface area contributed by atoms with Crippen molar-refractivity contribution in [3.05, 3.63) is 89.9 Å². The minimum atomic E-state index is -4.70. The van der Waals surface area contributed by atoms with Gasteiger partial charge >= 0.3 is 18.1 Å². The van der Waals surface area contributed by atoms with Crippen molar-refractivity contribution in [2.24, 2.45) is 0 Å². The third-order valence-corrected chi connectivity index (χ3v) is 5.58. The first-order chi connectivity index (χ1) is 16.6. The smallest absolute Gasteiger partial charge is 0.427 e. The van der Waals surface area contributed by atoms with Gasteiger partial charge in [-0.2, -0.15) is 27.3 Å². The number of halogens is 5. The zero-order valence-electron chi connectivity index (χ0n) is 18.0. The highest BCUT2D eigenvalue weighted by molar-refractivity contribution is 5.93. The molecular weight excluding hydrogens is 469 g/mol. The van der Waals surface area contributed by atoms with E-state index in [-0.39, 0.29) is 11.3 Å². The van der Waals surface area contributed by atoms with Crippen molar-refractivity contribution in [1.29, 1.82) is 0 Å². The second-order valence-electron chi connectivity index (χ2n) is 8.02. The summed E-state index contributed by atoms with van der Waals surface area (Å²) in [6.45, 7) is 1.90. The van der Waals surface area contributed by atoms with Gasteiger partial charge in [0.25, 0.3) is 0 Å². The maximum atomic E-state index is 14.6. The van der Waals surface area contributed by atoms with Crippen molar-refractivity contribution < 1.29 is 31.5 Å². The van der Waals surface area contributed by atoms with Crippen LogP contribution in [0.15, 0.2) is 72.9 Å². The summed E-state index contributed by atoms with van der Waals surface area (Å²) in [5, 5.41) is 6.65. The average molecular weight is 485 g/mol. The molecule has 1 N–H and O–H groups in total. The Bertz CT molecular complexity index is 1450. The number of aromatic nitrogens is 2. The number of aryl methyl sites for hydroxylation is 1. The molecule has 1 amide bonds. The molecule has 5 nitrogen and oxygen atoms in total. The summed E-state index contributed by atoms with van der Waals surface area (Å²) in [4.78, 5) is 12.9. The number of carbonyl (C=O) groups excluding carboxylic acids is 1. The van der Waals surface area contributed by atoms with Gasteiger partial charge in [0.05, 0.1) is 5.56 Å². The van der Waals surface area contributed by atoms with Gasteiger partial charge < -0.3 is 10.1 Å². The van der Waals surface area contributed by atoms with Gasteiger partial charge in [0.15, 0.2) is 0 Å². The van der Waals surface area contributed by atoms with Crippen LogP contribution in [0.1, 0.15) is 11.1 Å². The monoisotopic (exact) mass is 485 g/mol. The normalized spacial score (nSPS) is 15.4. The molecule has 0 saturated carbocycles. The number of hydrogen-bond acceptors (Lipinski definition) is 3. The standard InChI is InChI=1S/C25H16F5N3O2/c1-14-6-8-15(9-7-14)22-18(17-4-2-3-5-20(17)26)13-33(32-22)23(34)31-16-10-11-21-19(12-16)24(27,28)25(29,30)35-21/h2-13H,1H3,(H,31,34). The van der Waals surface area contributed by atoms with E-state index in [4.69, 9.17) is 0 Å². The van der Waals surface area contributed by atoms with Gasteiger partial charge in [0.2, 0.25) is 0 Å². The molecule has 178 valence electrons. The van der Waals surface area contributed by atoms with Crippen LogP contribution in [-0.4, -0.2) is 21.9 Å². The molecule has 10 heteroatoms. The van der Waals surface area contributed by atoms with Crippen LogP contribution in [0, 0.1) is 12.7 Å². The molecule has 0 fully saturated rings. The summed E-state index contributed by atoms with van der Waals surface area (Å²) in [7, 11) is 0. The highest BCUT2D eigenvalue weighted by atomic mass is 19.3. The minimum Gasteiger partial charge on any atom is -0.427 e. The van der Waals surface area contributed by atoms with Crippen LogP contribution in [0.25, 0.3) is 22.4 Å². The molecule has 0 radical (unpaired) electrons. The van der Waals surface area contributed by atoms with E-state index in [1.807, 2.05) is 19.1 Å². The second-order valence-corrected chi connectivity index (χ2v) is 8.02. The lowest BCUT2D eigenvalue weighted by Gasteiger charge is -2.16. The molecular formula is C25H16F5N3O2. The highest BCUT2D eigenvalue weighted by Crippen LogP contribution is 2.53. The zero-order valence-corrected chi connectivity index (χ0v) is 18.0. The highest BCUT2D eigenvalue weighted by Gasteiger charge is 2.66. The van der Waals surface area contributed by atoms with E-state index in [9.17, 15) is 26.7 Å². The number of benzene rings is 3. The number of carbonyl (C=O) groups is 1. The molecule has 0 atom stereocenters. The number of anilines is 1. The number of nitrogens with zero attached hydrogens (tertiary/aromatic N) is 2. The summed E-state index contributed by atoms with van der Waals surface area (Å²) in [6, 6.07) is 15.1. The van der Waals surface area contributed by atoms with Gasteiger partial charge in [-0.25, -0.2) is 9.18 Å². The molecule has 1 aromatic heterocycles. The number of amides is 1. The summed E-state index contributed by atoms with van der Waals surface area (Å²) in [5.41, 5.74) is 1.24. The van der Waals surface area contributed by atoms with Crippen molar-refractivity contribution in [3.8, 4) is 28.1 Å². The van der Waals surface area contributed by atoms with E-state index in [2.05, 4.69) is 15.2 Å². The van der Waals surface area contributed by atoms with E-state index in [0.29, 0.717) is 16.8 Å². The van der Waals surface area contributed by atoms with Crippen LogP contribution in [0.3, 0.4) is 0 Å². The summed E-state index contributed by atoms with van der Waals surface area (Å²) in [6.07, 6.45) is -3.39. The van der Waals surface area contributed by atoms with E-state index < -0.39 is 35.2 Å². The number of ether oxygens (including phenoxy) is 1. The third-order valence-electron chi connectivity index (χ3n) is 5.58. The molecule has 3 aromatic carbocycles. The topological polar surface area (TPSA) is 56.2 Å². The number of rotatable bonds is 3. The van der Waals surface area contributed by atoms with Gasteiger partial charge in [-0.1, -0.05) is 48.0 Å². The van der Waals surface area contributed by atoms with Crippen LogP contribution >= 0.6 is 0 Å². The van der Waals surface area contributed by atoms with Gasteiger partial charge in [-0.3, -0.25) is 0 Å². The molecule has 5 rings (SSSR count). The zero-order chi connectivity index (χ0) is 25.0. The number of fused-ring (bicyclic) bond motifs is 1. The second kappa shape index (κ2) is 7.93. The molecule has 2 heterocycles. The van der Waals surface area contributed by atoms with Gasteiger partial charge in [0, 0.05) is 28.6 Å². The summed E-state index contributed by atoms with van der Waals surface area (Å²) in [5.74, 6) is -5.77. The molecule has 0 unspecified atom stereocenters. The Kier molecular flexibility index (Phi) is 5.12. The fourth-order valence-corrected chi connectivity index (χ4v) is 3.76. The lowest BCUT2D eigenvalue weighted by molar-refractivity contribution is -0.296. The Balaban J connectivity index is 1.52. The lowest BCUT2D eigenvalue weighted by Crippen LogP contribution is -2.37. The lowest BCUT2D eigenvalue weighted by atomic mass is 10.0. The fraction of sp³-hybridized carbons (Fsp3) is 0.120. The Morgan fingerprint density at radius 1 is 0.971 bits per heavy atom. The maximum Gasteiger partial charge on any atom is 0.469 e. The molecule has 4 aromatic rings. The summed E-state index contributed by atoms with van der Waals surface area (Å²) >= 11 is 0. The maximum absolute atomic E-state index is 14.6. The van der Waals surface area contributed by atoms with Crippen molar-refractivity contribution in [2.45, 2.75) is 19.0 Å². The van der Waals surface area contributed by atoms with Gasteiger partial charge in [0.1, 0.15) is 17.3 Å². The number of nitrogens with one attached hydrogen (secondary N) is 1. The quantitative estimate of drug-likeness (QED) is 0.324. The summed E-state index contributed by atoms with van der Waals surface area (Å²) < 4.78 is 74.5. The Morgan fingerprint density at radius 2 is 1.69 bits per heavy atom.